The molecule has 2 N–H and O–H groups in total. The molecule has 1 aromatic heterocycles. The van der Waals surface area contributed by atoms with E-state index >= 15 is 0 Å². The molecule has 1 heterocycles. The van der Waals surface area contributed by atoms with E-state index in [9.17, 15) is 0 Å². The van der Waals surface area contributed by atoms with Crippen LogP contribution in [0, 0.1) is 0 Å². The van der Waals surface area contributed by atoms with Gasteiger partial charge in [0.25, 0.3) is 0 Å². The van der Waals surface area contributed by atoms with Crippen LogP contribution in [0.1, 0.15) is 16.5 Å². The minimum atomic E-state index is -0.134. The van der Waals surface area contributed by atoms with Gasteiger partial charge in [0.2, 0.25) is 0 Å². The largest absolute Gasteiger partial charge is 0.320 e. The molecule has 0 unspecified atom stereocenters. The fraction of sp³-hybridized carbons (Fsp3) is 0.0909. The first-order valence-corrected chi connectivity index (χ1v) is 6.47. The number of nitrogens with two attached hydrogens (primary N) is 1. The van der Waals surface area contributed by atoms with Crippen LogP contribution < -0.4 is 5.73 Å². The highest BCUT2D eigenvalue weighted by Crippen LogP contribution is 2.30. The summed E-state index contributed by atoms with van der Waals surface area (Å²) in [4.78, 5) is 1.12. The third-order valence-electron chi connectivity index (χ3n) is 2.15. The number of hydrogen-bond acceptors (Lipinski definition) is 2. The summed E-state index contributed by atoms with van der Waals surface area (Å²) in [6.07, 6.45) is 0. The van der Waals surface area contributed by atoms with Crippen LogP contribution in [-0.4, -0.2) is 0 Å². The number of hydrogen-bond donors (Lipinski definition) is 1. The van der Waals surface area contributed by atoms with Crippen molar-refractivity contribution in [1.82, 2.24) is 0 Å². The second-order valence-corrected chi connectivity index (χ2v) is 5.46. The predicted octanol–water partition coefficient (Wildman–Crippen LogP) is 4.21. The molecule has 0 saturated carbocycles. The van der Waals surface area contributed by atoms with E-state index in [1.807, 2.05) is 35.7 Å². The van der Waals surface area contributed by atoms with Crippen molar-refractivity contribution in [3.05, 3.63) is 55.6 Å². The topological polar surface area (TPSA) is 26.0 Å². The number of benzene rings is 1. The zero-order chi connectivity index (χ0) is 10.8. The second-order valence-electron chi connectivity index (χ2n) is 3.16. The van der Waals surface area contributed by atoms with Gasteiger partial charge in [0.15, 0.2) is 0 Å². The molecule has 15 heavy (non-hydrogen) atoms. The fourth-order valence-electron chi connectivity index (χ4n) is 1.38. The molecule has 0 spiro atoms. The Hall–Kier alpha value is -0.350. The van der Waals surface area contributed by atoms with E-state index in [1.54, 1.807) is 11.3 Å². The maximum atomic E-state index is 6.14. The van der Waals surface area contributed by atoms with Gasteiger partial charge in [0.1, 0.15) is 0 Å². The summed E-state index contributed by atoms with van der Waals surface area (Å²) in [7, 11) is 0. The normalized spacial score (nSPS) is 12.7. The van der Waals surface area contributed by atoms with Gasteiger partial charge in [-0.1, -0.05) is 39.7 Å². The molecule has 0 bridgehead atoms. The molecular formula is C11H9BrClNS. The van der Waals surface area contributed by atoms with Gasteiger partial charge in [-0.25, -0.2) is 0 Å². The zero-order valence-corrected chi connectivity index (χ0v) is 10.9. The molecule has 0 aliphatic rings. The van der Waals surface area contributed by atoms with Crippen molar-refractivity contribution >= 4 is 38.9 Å². The molecule has 2 aromatic rings. The van der Waals surface area contributed by atoms with Crippen molar-refractivity contribution in [2.24, 2.45) is 5.73 Å². The third kappa shape index (κ3) is 2.42. The molecule has 0 saturated heterocycles. The average Bonchev–Trinajstić information content (AvgIpc) is 2.69. The van der Waals surface area contributed by atoms with Gasteiger partial charge in [-0.15, -0.1) is 11.3 Å². The summed E-state index contributed by atoms with van der Waals surface area (Å²) >= 11 is 11.2. The first kappa shape index (κ1) is 11.1. The molecule has 1 nitrogen and oxygen atoms in total. The molecule has 0 radical (unpaired) electrons. The van der Waals surface area contributed by atoms with Crippen molar-refractivity contribution in [3.8, 4) is 0 Å². The molecule has 0 aliphatic carbocycles. The van der Waals surface area contributed by atoms with Gasteiger partial charge in [0, 0.05) is 14.4 Å². The molecule has 2 rings (SSSR count). The Balaban J connectivity index is 2.38. The zero-order valence-electron chi connectivity index (χ0n) is 7.78. The summed E-state index contributed by atoms with van der Waals surface area (Å²) in [5.74, 6) is 0. The van der Waals surface area contributed by atoms with Gasteiger partial charge in [-0.2, -0.15) is 0 Å². The van der Waals surface area contributed by atoms with Gasteiger partial charge >= 0.3 is 0 Å². The van der Waals surface area contributed by atoms with Crippen LogP contribution >= 0.6 is 38.9 Å². The Morgan fingerprint density at radius 2 is 2.13 bits per heavy atom. The standard InChI is InChI=1S/C11H9BrClNS/c12-7-3-4-8(9(13)6-7)11(14)10-2-1-5-15-10/h1-6,11H,14H2/t11-/m0/s1. The number of halogens is 2. The molecule has 0 aliphatic heterocycles. The van der Waals surface area contributed by atoms with Crippen LogP contribution in [0.15, 0.2) is 40.2 Å². The lowest BCUT2D eigenvalue weighted by molar-refractivity contribution is 0.893. The minimum Gasteiger partial charge on any atom is -0.320 e. The highest BCUT2D eigenvalue weighted by atomic mass is 79.9. The summed E-state index contributed by atoms with van der Waals surface area (Å²) < 4.78 is 0.967. The van der Waals surface area contributed by atoms with Gasteiger partial charge < -0.3 is 5.73 Å². The summed E-state index contributed by atoms with van der Waals surface area (Å²) in [5, 5.41) is 2.72. The molecule has 1 aromatic carbocycles. The van der Waals surface area contributed by atoms with Crippen LogP contribution in [0.2, 0.25) is 5.02 Å². The van der Waals surface area contributed by atoms with Crippen LogP contribution in [-0.2, 0) is 0 Å². The van der Waals surface area contributed by atoms with E-state index in [1.165, 1.54) is 0 Å². The lowest BCUT2D eigenvalue weighted by atomic mass is 10.1. The van der Waals surface area contributed by atoms with Crippen molar-refractivity contribution in [2.45, 2.75) is 6.04 Å². The lowest BCUT2D eigenvalue weighted by Gasteiger charge is -2.12. The fourth-order valence-corrected chi connectivity index (χ4v) is 2.91. The van der Waals surface area contributed by atoms with E-state index in [4.69, 9.17) is 17.3 Å². The lowest BCUT2D eigenvalue weighted by Crippen LogP contribution is -2.10. The highest BCUT2D eigenvalue weighted by molar-refractivity contribution is 9.10. The Morgan fingerprint density at radius 1 is 1.33 bits per heavy atom. The molecule has 1 atom stereocenters. The van der Waals surface area contributed by atoms with Crippen LogP contribution in [0.3, 0.4) is 0 Å². The van der Waals surface area contributed by atoms with Crippen LogP contribution in [0.25, 0.3) is 0 Å². The van der Waals surface area contributed by atoms with Crippen molar-refractivity contribution in [2.75, 3.05) is 0 Å². The quantitative estimate of drug-likeness (QED) is 0.883. The summed E-state index contributed by atoms with van der Waals surface area (Å²) in [6.45, 7) is 0. The molecule has 4 heteroatoms. The van der Waals surface area contributed by atoms with E-state index in [0.717, 1.165) is 14.9 Å². The Morgan fingerprint density at radius 3 is 2.73 bits per heavy atom. The molecule has 0 fully saturated rings. The number of rotatable bonds is 2. The first-order chi connectivity index (χ1) is 7.18. The maximum absolute atomic E-state index is 6.14. The van der Waals surface area contributed by atoms with Crippen molar-refractivity contribution in [1.29, 1.82) is 0 Å². The SMILES string of the molecule is N[C@H](c1cccs1)c1ccc(Br)cc1Cl. The maximum Gasteiger partial charge on any atom is 0.0660 e. The van der Waals surface area contributed by atoms with Crippen LogP contribution in [0.4, 0.5) is 0 Å². The van der Waals surface area contributed by atoms with E-state index in [-0.39, 0.29) is 6.04 Å². The van der Waals surface area contributed by atoms with Gasteiger partial charge in [0.05, 0.1) is 6.04 Å². The Labute approximate surface area is 106 Å². The smallest absolute Gasteiger partial charge is 0.0660 e. The van der Waals surface area contributed by atoms with E-state index < -0.39 is 0 Å². The van der Waals surface area contributed by atoms with Gasteiger partial charge in [-0.05, 0) is 29.1 Å². The van der Waals surface area contributed by atoms with E-state index in [2.05, 4.69) is 15.9 Å². The second kappa shape index (κ2) is 4.66. The molecule has 78 valence electrons. The Bertz CT molecular complexity index is 456. The van der Waals surface area contributed by atoms with Crippen molar-refractivity contribution in [3.63, 3.8) is 0 Å². The predicted molar refractivity (Wildman–Crippen MR) is 69.5 cm³/mol. The number of thiophene rings is 1. The first-order valence-electron chi connectivity index (χ1n) is 4.42. The van der Waals surface area contributed by atoms with E-state index in [0.29, 0.717) is 5.02 Å². The third-order valence-corrected chi connectivity index (χ3v) is 3.92. The average molecular weight is 303 g/mol. The van der Waals surface area contributed by atoms with Gasteiger partial charge in [-0.3, -0.25) is 0 Å². The molecular weight excluding hydrogens is 294 g/mol. The van der Waals surface area contributed by atoms with Crippen LogP contribution in [0.5, 0.6) is 0 Å². The summed E-state index contributed by atoms with van der Waals surface area (Å²) in [6, 6.07) is 9.65. The Kier molecular flexibility index (Phi) is 3.46. The minimum absolute atomic E-state index is 0.134. The highest BCUT2D eigenvalue weighted by Gasteiger charge is 2.13. The summed E-state index contributed by atoms with van der Waals surface area (Å²) in [5.41, 5.74) is 7.08. The monoisotopic (exact) mass is 301 g/mol. The molecule has 0 amide bonds. The van der Waals surface area contributed by atoms with Crippen molar-refractivity contribution < 1.29 is 0 Å².